The van der Waals surface area contributed by atoms with Crippen LogP contribution in [-0.4, -0.2) is 39.7 Å². The van der Waals surface area contributed by atoms with Crippen LogP contribution in [0.1, 0.15) is 51.0 Å². The maximum atomic E-state index is 12.7. The second-order valence-corrected chi connectivity index (χ2v) is 7.35. The normalized spacial score (nSPS) is 27.2. The third kappa shape index (κ3) is 3.51. The van der Waals surface area contributed by atoms with Crippen LogP contribution in [0.5, 0.6) is 0 Å². The van der Waals surface area contributed by atoms with Crippen molar-refractivity contribution < 1.29 is 4.79 Å². The lowest BCUT2D eigenvalue weighted by molar-refractivity contribution is -0.134. The average Bonchev–Trinajstić information content (AvgIpc) is 3.11. The molecule has 2 aliphatic rings. The van der Waals surface area contributed by atoms with Crippen molar-refractivity contribution in [3.05, 3.63) is 18.0 Å². The lowest BCUT2D eigenvalue weighted by Gasteiger charge is -2.39. The highest BCUT2D eigenvalue weighted by Crippen LogP contribution is 2.31. The molecule has 1 N–H and O–H groups in total. The van der Waals surface area contributed by atoms with Crippen LogP contribution in [-0.2, 0) is 18.4 Å². The number of nitrogens with zero attached hydrogens (tertiary/aromatic N) is 3. The number of hydrogen-bond acceptors (Lipinski definition) is 3. The Labute approximate surface area is 133 Å². The van der Waals surface area contributed by atoms with Crippen LogP contribution in [0.2, 0.25) is 0 Å². The highest BCUT2D eigenvalue weighted by Gasteiger charge is 2.38. The van der Waals surface area contributed by atoms with E-state index in [9.17, 15) is 4.79 Å². The van der Waals surface area contributed by atoms with E-state index < -0.39 is 0 Å². The van der Waals surface area contributed by atoms with Crippen LogP contribution in [0.3, 0.4) is 0 Å². The van der Waals surface area contributed by atoms with Crippen molar-refractivity contribution in [2.75, 3.05) is 13.1 Å². The third-order valence-corrected chi connectivity index (χ3v) is 5.18. The maximum absolute atomic E-state index is 12.7. The number of rotatable bonds is 4. The van der Waals surface area contributed by atoms with Crippen LogP contribution < -0.4 is 5.32 Å². The molecule has 0 bridgehead atoms. The summed E-state index contributed by atoms with van der Waals surface area (Å²) in [6.07, 6.45) is 10.9. The first kappa shape index (κ1) is 15.5. The summed E-state index contributed by atoms with van der Waals surface area (Å²) in [6.45, 7) is 4.94. The topological polar surface area (TPSA) is 50.2 Å². The van der Waals surface area contributed by atoms with Crippen LogP contribution in [0.15, 0.2) is 12.4 Å². The molecule has 3 rings (SSSR count). The Kier molecular flexibility index (Phi) is 4.52. The third-order valence-electron chi connectivity index (χ3n) is 5.18. The van der Waals surface area contributed by atoms with Gasteiger partial charge in [0.1, 0.15) is 0 Å². The number of hydrogen-bond donors (Lipinski definition) is 1. The summed E-state index contributed by atoms with van der Waals surface area (Å²) in [5.74, 6) is 0.260. The summed E-state index contributed by atoms with van der Waals surface area (Å²) in [5, 5.41) is 7.53. The molecule has 2 fully saturated rings. The summed E-state index contributed by atoms with van der Waals surface area (Å²) < 4.78 is 1.84. The van der Waals surface area contributed by atoms with Crippen molar-refractivity contribution in [1.82, 2.24) is 20.0 Å². The van der Waals surface area contributed by atoms with Crippen molar-refractivity contribution in [3.8, 4) is 0 Å². The number of aromatic nitrogens is 2. The Morgan fingerprint density at radius 2 is 2.18 bits per heavy atom. The molecule has 5 heteroatoms. The molecule has 1 saturated heterocycles. The molecule has 1 aromatic rings. The number of piperidine rings is 1. The number of likely N-dealkylation sites (tertiary alicyclic amines) is 1. The lowest BCUT2D eigenvalue weighted by atomic mass is 9.80. The zero-order valence-electron chi connectivity index (χ0n) is 13.8. The molecule has 0 unspecified atom stereocenters. The van der Waals surface area contributed by atoms with Gasteiger partial charge >= 0.3 is 0 Å². The van der Waals surface area contributed by atoms with Crippen LogP contribution in [0, 0.1) is 5.41 Å². The molecule has 0 aromatic carbocycles. The highest BCUT2D eigenvalue weighted by atomic mass is 16.2. The Bertz CT molecular complexity index is 520. The van der Waals surface area contributed by atoms with Gasteiger partial charge in [-0.1, -0.05) is 12.8 Å². The molecule has 2 heterocycles. The summed E-state index contributed by atoms with van der Waals surface area (Å²) in [4.78, 5) is 15.1. The molecule has 1 saturated carbocycles. The predicted molar refractivity (Wildman–Crippen MR) is 86.2 cm³/mol. The molecule has 22 heavy (non-hydrogen) atoms. The minimum absolute atomic E-state index is 0.247. The SMILES string of the molecule is Cn1cc(CN2CCC[C@](C)(C(=O)NC3CCCC3)C2)cn1. The van der Waals surface area contributed by atoms with E-state index >= 15 is 0 Å². The van der Waals surface area contributed by atoms with E-state index in [0.29, 0.717) is 6.04 Å². The fourth-order valence-electron chi connectivity index (χ4n) is 3.91. The molecule has 1 aromatic heterocycles. The summed E-state index contributed by atoms with van der Waals surface area (Å²) >= 11 is 0. The molecule has 1 aliphatic heterocycles. The van der Waals surface area contributed by atoms with Crippen LogP contribution >= 0.6 is 0 Å². The number of carbonyl (C=O) groups excluding carboxylic acids is 1. The Morgan fingerprint density at radius 1 is 1.41 bits per heavy atom. The summed E-state index contributed by atoms with van der Waals surface area (Å²) in [7, 11) is 1.94. The van der Waals surface area contributed by atoms with E-state index in [-0.39, 0.29) is 11.3 Å². The van der Waals surface area contributed by atoms with Gasteiger partial charge in [-0.25, -0.2) is 0 Å². The predicted octanol–water partition coefficient (Wildman–Crippen LogP) is 2.08. The molecule has 0 radical (unpaired) electrons. The van der Waals surface area contributed by atoms with Crippen molar-refractivity contribution in [3.63, 3.8) is 0 Å². The van der Waals surface area contributed by atoms with Crippen LogP contribution in [0.25, 0.3) is 0 Å². The first-order valence-electron chi connectivity index (χ1n) is 8.56. The van der Waals surface area contributed by atoms with Gasteiger partial charge in [0, 0.05) is 37.9 Å². The first-order chi connectivity index (χ1) is 10.5. The van der Waals surface area contributed by atoms with E-state index in [0.717, 1.165) is 45.3 Å². The molecule has 1 aliphatic carbocycles. The number of aryl methyl sites for hydroxylation is 1. The largest absolute Gasteiger partial charge is 0.353 e. The minimum atomic E-state index is -0.247. The molecule has 1 amide bonds. The van der Waals surface area contributed by atoms with Gasteiger partial charge in [0.15, 0.2) is 0 Å². The van der Waals surface area contributed by atoms with Crippen molar-refractivity contribution >= 4 is 5.91 Å². The Morgan fingerprint density at radius 3 is 2.86 bits per heavy atom. The fraction of sp³-hybridized carbons (Fsp3) is 0.765. The van der Waals surface area contributed by atoms with Gasteiger partial charge in [-0.3, -0.25) is 14.4 Å². The minimum Gasteiger partial charge on any atom is -0.353 e. The average molecular weight is 304 g/mol. The van der Waals surface area contributed by atoms with Gasteiger partial charge in [-0.2, -0.15) is 5.10 Å². The number of nitrogens with one attached hydrogen (secondary N) is 1. The number of carbonyl (C=O) groups is 1. The second-order valence-electron chi connectivity index (χ2n) is 7.35. The van der Waals surface area contributed by atoms with Gasteiger partial charge in [-0.05, 0) is 39.2 Å². The molecular weight excluding hydrogens is 276 g/mol. The van der Waals surface area contributed by atoms with Gasteiger partial charge in [0.25, 0.3) is 0 Å². The Balaban J connectivity index is 1.59. The molecule has 122 valence electrons. The van der Waals surface area contributed by atoms with E-state index in [1.807, 2.05) is 17.9 Å². The zero-order chi connectivity index (χ0) is 15.6. The molecule has 0 spiro atoms. The highest BCUT2D eigenvalue weighted by molar-refractivity contribution is 5.82. The van der Waals surface area contributed by atoms with Crippen molar-refractivity contribution in [2.45, 2.75) is 58.0 Å². The van der Waals surface area contributed by atoms with E-state index in [1.54, 1.807) is 0 Å². The van der Waals surface area contributed by atoms with E-state index in [1.165, 1.54) is 18.4 Å². The van der Waals surface area contributed by atoms with Crippen molar-refractivity contribution in [1.29, 1.82) is 0 Å². The molecule has 1 atom stereocenters. The quantitative estimate of drug-likeness (QED) is 0.926. The smallest absolute Gasteiger partial charge is 0.227 e. The summed E-state index contributed by atoms with van der Waals surface area (Å²) in [5.41, 5.74) is 0.978. The van der Waals surface area contributed by atoms with Crippen LogP contribution in [0.4, 0.5) is 0 Å². The lowest BCUT2D eigenvalue weighted by Crippen LogP contribution is -2.51. The van der Waals surface area contributed by atoms with Crippen molar-refractivity contribution in [2.24, 2.45) is 12.5 Å². The molecular formula is C17H28N4O. The zero-order valence-corrected chi connectivity index (χ0v) is 13.8. The van der Waals surface area contributed by atoms with Gasteiger partial charge in [0.2, 0.25) is 5.91 Å². The fourth-order valence-corrected chi connectivity index (χ4v) is 3.91. The monoisotopic (exact) mass is 304 g/mol. The van der Waals surface area contributed by atoms with E-state index in [2.05, 4.69) is 28.4 Å². The van der Waals surface area contributed by atoms with Gasteiger partial charge < -0.3 is 5.32 Å². The first-order valence-corrected chi connectivity index (χ1v) is 8.56. The standard InChI is InChI=1S/C17H28N4O/c1-17(16(22)19-15-6-3-4-7-15)8-5-9-21(13-17)12-14-10-18-20(2)11-14/h10-11,15H,3-9,12-13H2,1-2H3,(H,19,22)/t17-/m0/s1. The van der Waals surface area contributed by atoms with Gasteiger partial charge in [-0.15, -0.1) is 0 Å². The van der Waals surface area contributed by atoms with E-state index in [4.69, 9.17) is 0 Å². The summed E-state index contributed by atoms with van der Waals surface area (Å²) in [6, 6.07) is 0.415. The second kappa shape index (κ2) is 6.41. The van der Waals surface area contributed by atoms with Gasteiger partial charge in [0.05, 0.1) is 11.6 Å². The maximum Gasteiger partial charge on any atom is 0.227 e. The number of amides is 1. The Hall–Kier alpha value is -1.36. The molecule has 5 nitrogen and oxygen atoms in total.